The number of nitrogens with zero attached hydrogens (tertiary/aromatic N) is 1. The fourth-order valence-electron chi connectivity index (χ4n) is 3.25. The molecule has 1 unspecified atom stereocenters. The van der Waals surface area contributed by atoms with Gasteiger partial charge in [-0.3, -0.25) is 9.69 Å². The van der Waals surface area contributed by atoms with Crippen LogP contribution in [0, 0.1) is 11.2 Å². The predicted molar refractivity (Wildman–Crippen MR) is 77.6 cm³/mol. The van der Waals surface area contributed by atoms with Crippen molar-refractivity contribution >= 4 is 5.97 Å². The molecule has 5 heteroatoms. The van der Waals surface area contributed by atoms with Crippen molar-refractivity contribution in [3.8, 4) is 5.75 Å². The molecule has 0 bridgehead atoms. The summed E-state index contributed by atoms with van der Waals surface area (Å²) in [5.74, 6) is -1.09. The van der Waals surface area contributed by atoms with E-state index in [1.54, 1.807) is 0 Å². The number of likely N-dealkylation sites (tertiary alicyclic amines) is 1. The normalized spacial score (nSPS) is 23.1. The van der Waals surface area contributed by atoms with E-state index in [1.165, 1.54) is 18.2 Å². The summed E-state index contributed by atoms with van der Waals surface area (Å²) in [7, 11) is 0. The van der Waals surface area contributed by atoms with E-state index in [4.69, 9.17) is 0 Å². The van der Waals surface area contributed by atoms with Crippen molar-refractivity contribution in [3.05, 3.63) is 29.6 Å². The van der Waals surface area contributed by atoms with Crippen LogP contribution in [0.3, 0.4) is 0 Å². The summed E-state index contributed by atoms with van der Waals surface area (Å²) in [5.41, 5.74) is -0.205. The average Bonchev–Trinajstić information content (AvgIpc) is 2.43. The van der Waals surface area contributed by atoms with Crippen LogP contribution in [0.4, 0.5) is 4.39 Å². The molecule has 1 saturated heterocycles. The van der Waals surface area contributed by atoms with Crippen LogP contribution in [0.5, 0.6) is 5.75 Å². The molecule has 0 aliphatic carbocycles. The quantitative estimate of drug-likeness (QED) is 0.876. The Morgan fingerprint density at radius 1 is 1.48 bits per heavy atom. The van der Waals surface area contributed by atoms with Gasteiger partial charge in [-0.1, -0.05) is 13.3 Å². The monoisotopic (exact) mass is 295 g/mol. The maximum atomic E-state index is 13.3. The molecule has 21 heavy (non-hydrogen) atoms. The number of carboxylic acids is 1. The number of piperidine rings is 1. The molecule has 1 aliphatic heterocycles. The third-order valence-electron chi connectivity index (χ3n) is 4.27. The van der Waals surface area contributed by atoms with Crippen LogP contribution in [-0.4, -0.2) is 34.2 Å². The highest BCUT2D eigenvalue weighted by Crippen LogP contribution is 2.36. The number of rotatable bonds is 5. The molecular weight excluding hydrogens is 273 g/mol. The number of hydrogen-bond acceptors (Lipinski definition) is 3. The van der Waals surface area contributed by atoms with E-state index in [9.17, 15) is 19.4 Å². The van der Waals surface area contributed by atoms with Crippen molar-refractivity contribution in [3.63, 3.8) is 0 Å². The van der Waals surface area contributed by atoms with E-state index in [0.717, 1.165) is 19.4 Å². The molecule has 0 amide bonds. The zero-order chi connectivity index (χ0) is 15.5. The van der Waals surface area contributed by atoms with Gasteiger partial charge in [0, 0.05) is 18.7 Å². The Hall–Kier alpha value is -1.62. The number of phenolic OH excluding ortho intramolecular Hbond substituents is 1. The number of benzene rings is 1. The average molecular weight is 295 g/mol. The summed E-state index contributed by atoms with van der Waals surface area (Å²) in [6, 6.07) is 3.87. The molecule has 0 aromatic heterocycles. The molecule has 116 valence electrons. The number of aromatic hydroxyl groups is 1. The van der Waals surface area contributed by atoms with Crippen LogP contribution in [0.25, 0.3) is 0 Å². The minimum Gasteiger partial charge on any atom is -0.508 e. The highest BCUT2D eigenvalue weighted by molar-refractivity contribution is 5.75. The van der Waals surface area contributed by atoms with E-state index in [0.29, 0.717) is 31.5 Å². The van der Waals surface area contributed by atoms with Gasteiger partial charge in [0.25, 0.3) is 0 Å². The number of carbonyl (C=O) groups is 1. The summed E-state index contributed by atoms with van der Waals surface area (Å²) < 4.78 is 13.3. The van der Waals surface area contributed by atoms with Crippen LogP contribution < -0.4 is 0 Å². The van der Waals surface area contributed by atoms with Crippen LogP contribution in [0.15, 0.2) is 18.2 Å². The second kappa shape index (κ2) is 6.43. The van der Waals surface area contributed by atoms with Crippen molar-refractivity contribution in [1.29, 1.82) is 0 Å². The first-order valence-corrected chi connectivity index (χ1v) is 7.40. The zero-order valence-electron chi connectivity index (χ0n) is 12.3. The summed E-state index contributed by atoms with van der Waals surface area (Å²) in [6.45, 7) is 3.59. The number of aliphatic carboxylic acids is 1. The Kier molecular flexibility index (Phi) is 4.83. The van der Waals surface area contributed by atoms with Gasteiger partial charge >= 0.3 is 5.97 Å². The second-order valence-corrected chi connectivity index (χ2v) is 5.92. The van der Waals surface area contributed by atoms with Gasteiger partial charge in [0.1, 0.15) is 11.6 Å². The topological polar surface area (TPSA) is 60.8 Å². The predicted octanol–water partition coefficient (Wildman–Crippen LogP) is 3.00. The third-order valence-corrected chi connectivity index (χ3v) is 4.27. The van der Waals surface area contributed by atoms with Crippen LogP contribution in [0.1, 0.15) is 38.2 Å². The molecule has 4 nitrogen and oxygen atoms in total. The fourth-order valence-corrected chi connectivity index (χ4v) is 3.25. The molecule has 1 aromatic carbocycles. The Balaban J connectivity index is 2.13. The molecule has 1 heterocycles. The molecule has 1 aliphatic rings. The Labute approximate surface area is 124 Å². The zero-order valence-corrected chi connectivity index (χ0v) is 12.3. The van der Waals surface area contributed by atoms with Crippen molar-refractivity contribution in [2.24, 2.45) is 5.41 Å². The maximum absolute atomic E-state index is 13.3. The third kappa shape index (κ3) is 3.53. The first-order chi connectivity index (χ1) is 9.97. The van der Waals surface area contributed by atoms with Crippen LogP contribution in [0.2, 0.25) is 0 Å². The highest BCUT2D eigenvalue weighted by Gasteiger charge is 2.41. The van der Waals surface area contributed by atoms with Crippen molar-refractivity contribution in [1.82, 2.24) is 4.90 Å². The molecule has 1 aromatic rings. The lowest BCUT2D eigenvalue weighted by Gasteiger charge is -2.40. The van der Waals surface area contributed by atoms with Gasteiger partial charge < -0.3 is 10.2 Å². The van der Waals surface area contributed by atoms with Crippen molar-refractivity contribution < 1.29 is 19.4 Å². The smallest absolute Gasteiger partial charge is 0.310 e. The number of hydrogen-bond donors (Lipinski definition) is 2. The molecule has 0 spiro atoms. The molecule has 1 fully saturated rings. The van der Waals surface area contributed by atoms with Gasteiger partial charge in [0.05, 0.1) is 5.41 Å². The van der Waals surface area contributed by atoms with E-state index in [-0.39, 0.29) is 5.75 Å². The fraction of sp³-hybridized carbons (Fsp3) is 0.562. The van der Waals surface area contributed by atoms with E-state index in [1.807, 2.05) is 11.8 Å². The van der Waals surface area contributed by atoms with Gasteiger partial charge in [0.15, 0.2) is 0 Å². The van der Waals surface area contributed by atoms with Gasteiger partial charge in [-0.05, 0) is 44.0 Å². The number of halogens is 1. The first kappa shape index (κ1) is 15.8. The van der Waals surface area contributed by atoms with E-state index >= 15 is 0 Å². The lowest BCUT2D eigenvalue weighted by molar-refractivity contribution is -0.153. The Bertz CT molecular complexity index is 516. The second-order valence-electron chi connectivity index (χ2n) is 5.92. The van der Waals surface area contributed by atoms with Crippen LogP contribution in [-0.2, 0) is 11.3 Å². The first-order valence-electron chi connectivity index (χ1n) is 7.40. The van der Waals surface area contributed by atoms with Crippen molar-refractivity contribution in [2.75, 3.05) is 13.1 Å². The Morgan fingerprint density at radius 2 is 2.24 bits per heavy atom. The molecule has 1 atom stereocenters. The minimum absolute atomic E-state index is 0.0541. The Morgan fingerprint density at radius 3 is 2.90 bits per heavy atom. The standard InChI is InChI=1S/C16H22FNO3/c1-2-6-16(15(20)21)7-3-8-18(11-16)10-12-9-13(17)4-5-14(12)19/h4-5,9,19H,2-3,6-8,10-11H2,1H3,(H,20,21). The van der Waals surface area contributed by atoms with E-state index in [2.05, 4.69) is 0 Å². The summed E-state index contributed by atoms with van der Waals surface area (Å²) in [5, 5.41) is 19.4. The lowest BCUT2D eigenvalue weighted by Crippen LogP contribution is -2.47. The summed E-state index contributed by atoms with van der Waals surface area (Å²) in [6.07, 6.45) is 2.96. The minimum atomic E-state index is -0.752. The van der Waals surface area contributed by atoms with Crippen molar-refractivity contribution in [2.45, 2.75) is 39.2 Å². The largest absolute Gasteiger partial charge is 0.508 e. The SMILES string of the molecule is CCCC1(C(=O)O)CCCN(Cc2cc(F)ccc2O)C1. The summed E-state index contributed by atoms with van der Waals surface area (Å²) in [4.78, 5) is 13.7. The molecule has 0 radical (unpaired) electrons. The molecular formula is C16H22FNO3. The van der Waals surface area contributed by atoms with Gasteiger partial charge in [0.2, 0.25) is 0 Å². The summed E-state index contributed by atoms with van der Waals surface area (Å²) >= 11 is 0. The number of carboxylic acid groups (broad SMARTS) is 1. The van der Waals surface area contributed by atoms with E-state index < -0.39 is 17.2 Å². The van der Waals surface area contributed by atoms with Crippen LogP contribution >= 0.6 is 0 Å². The lowest BCUT2D eigenvalue weighted by atomic mass is 9.76. The molecule has 2 rings (SSSR count). The highest BCUT2D eigenvalue weighted by atomic mass is 19.1. The number of phenols is 1. The van der Waals surface area contributed by atoms with Gasteiger partial charge in [-0.2, -0.15) is 0 Å². The van der Waals surface area contributed by atoms with Gasteiger partial charge in [-0.15, -0.1) is 0 Å². The molecule has 0 saturated carbocycles. The van der Waals surface area contributed by atoms with Gasteiger partial charge in [-0.25, -0.2) is 4.39 Å². The molecule has 2 N–H and O–H groups in total. The maximum Gasteiger partial charge on any atom is 0.310 e.